The first-order valence-electron chi connectivity index (χ1n) is 5.58. The molecule has 92 valence electrons. The van der Waals surface area contributed by atoms with Gasteiger partial charge in [0.25, 0.3) is 0 Å². The van der Waals surface area contributed by atoms with Crippen molar-refractivity contribution in [2.45, 2.75) is 6.42 Å². The molecule has 0 fully saturated rings. The van der Waals surface area contributed by atoms with E-state index in [1.54, 1.807) is 30.5 Å². The second kappa shape index (κ2) is 5.77. The third kappa shape index (κ3) is 3.28. The minimum absolute atomic E-state index is 0.314. The Balaban J connectivity index is 1.90. The Kier molecular flexibility index (Phi) is 3.86. The molecule has 0 unspecified atom stereocenters. The quantitative estimate of drug-likeness (QED) is 0.838. The second-order valence-corrected chi connectivity index (χ2v) is 3.78. The molecule has 0 radical (unpaired) electrons. The lowest BCUT2D eigenvalue weighted by molar-refractivity contribution is 0.0697. The Morgan fingerprint density at radius 2 is 2.22 bits per heavy atom. The summed E-state index contributed by atoms with van der Waals surface area (Å²) >= 11 is 0. The van der Waals surface area contributed by atoms with Gasteiger partial charge in [-0.25, -0.2) is 14.8 Å². The highest BCUT2D eigenvalue weighted by molar-refractivity contribution is 5.87. The van der Waals surface area contributed by atoms with E-state index in [9.17, 15) is 4.79 Å². The Morgan fingerprint density at radius 1 is 1.33 bits per heavy atom. The van der Waals surface area contributed by atoms with Crippen molar-refractivity contribution >= 4 is 11.8 Å². The van der Waals surface area contributed by atoms with Crippen LogP contribution in [0.25, 0.3) is 0 Å². The van der Waals surface area contributed by atoms with E-state index in [0.717, 1.165) is 17.8 Å². The summed E-state index contributed by atoms with van der Waals surface area (Å²) in [5.41, 5.74) is 1.30. The lowest BCUT2D eigenvalue weighted by atomic mass is 10.1. The molecule has 0 spiro atoms. The van der Waals surface area contributed by atoms with E-state index in [4.69, 9.17) is 5.11 Å². The Bertz CT molecular complexity index is 529. The first-order valence-corrected chi connectivity index (χ1v) is 5.58. The van der Waals surface area contributed by atoms with Gasteiger partial charge in [-0.3, -0.25) is 0 Å². The van der Waals surface area contributed by atoms with Crippen LogP contribution in [0.15, 0.2) is 42.9 Å². The average Bonchev–Trinajstić information content (AvgIpc) is 2.40. The molecule has 0 saturated heterocycles. The number of nitrogens with one attached hydrogen (secondary N) is 1. The zero-order valence-corrected chi connectivity index (χ0v) is 9.71. The molecule has 0 atom stereocenters. The van der Waals surface area contributed by atoms with E-state index in [0.29, 0.717) is 12.1 Å². The van der Waals surface area contributed by atoms with Gasteiger partial charge in [0, 0.05) is 12.7 Å². The zero-order valence-electron chi connectivity index (χ0n) is 9.71. The number of nitrogens with zero attached hydrogens (tertiary/aromatic N) is 2. The third-order valence-corrected chi connectivity index (χ3v) is 2.48. The normalized spacial score (nSPS) is 10.0. The molecule has 2 rings (SSSR count). The van der Waals surface area contributed by atoms with Gasteiger partial charge in [-0.05, 0) is 30.2 Å². The van der Waals surface area contributed by atoms with E-state index < -0.39 is 5.97 Å². The molecule has 5 nitrogen and oxygen atoms in total. The van der Waals surface area contributed by atoms with Crippen LogP contribution < -0.4 is 5.32 Å². The van der Waals surface area contributed by atoms with Crippen molar-refractivity contribution in [3.63, 3.8) is 0 Å². The third-order valence-electron chi connectivity index (χ3n) is 2.48. The molecule has 1 heterocycles. The fourth-order valence-corrected chi connectivity index (χ4v) is 1.59. The molecular weight excluding hydrogens is 230 g/mol. The molecule has 0 aliphatic rings. The lowest BCUT2D eigenvalue weighted by Crippen LogP contribution is -2.07. The second-order valence-electron chi connectivity index (χ2n) is 3.78. The number of anilines is 1. The smallest absolute Gasteiger partial charge is 0.335 e. The van der Waals surface area contributed by atoms with Crippen molar-refractivity contribution in [1.82, 2.24) is 9.97 Å². The molecule has 5 heteroatoms. The SMILES string of the molecule is O=C(O)c1cccc(CCNc2ccncn2)c1. The van der Waals surface area contributed by atoms with Gasteiger partial charge >= 0.3 is 5.97 Å². The van der Waals surface area contributed by atoms with Crippen LogP contribution in [0.1, 0.15) is 15.9 Å². The number of carbonyl (C=O) groups is 1. The number of aromatic carboxylic acids is 1. The zero-order chi connectivity index (χ0) is 12.8. The van der Waals surface area contributed by atoms with Gasteiger partial charge in [0.2, 0.25) is 0 Å². The van der Waals surface area contributed by atoms with Gasteiger partial charge in [-0.2, -0.15) is 0 Å². The first kappa shape index (κ1) is 12.0. The van der Waals surface area contributed by atoms with Crippen LogP contribution in [-0.4, -0.2) is 27.6 Å². The van der Waals surface area contributed by atoms with Gasteiger partial charge in [-0.1, -0.05) is 12.1 Å². The maximum atomic E-state index is 10.8. The van der Waals surface area contributed by atoms with Crippen molar-refractivity contribution in [2.24, 2.45) is 0 Å². The van der Waals surface area contributed by atoms with Gasteiger partial charge in [0.05, 0.1) is 5.56 Å². The van der Waals surface area contributed by atoms with Crippen LogP contribution >= 0.6 is 0 Å². The van der Waals surface area contributed by atoms with Crippen LogP contribution in [-0.2, 0) is 6.42 Å². The molecule has 1 aromatic carbocycles. The van der Waals surface area contributed by atoms with Crippen molar-refractivity contribution in [2.75, 3.05) is 11.9 Å². The molecule has 18 heavy (non-hydrogen) atoms. The Hall–Kier alpha value is -2.43. The fraction of sp³-hybridized carbons (Fsp3) is 0.154. The topological polar surface area (TPSA) is 75.1 Å². The number of aromatic nitrogens is 2. The predicted molar refractivity (Wildman–Crippen MR) is 67.6 cm³/mol. The molecule has 0 bridgehead atoms. The van der Waals surface area contributed by atoms with Gasteiger partial charge in [0.1, 0.15) is 12.1 Å². The maximum Gasteiger partial charge on any atom is 0.335 e. The molecule has 0 aliphatic heterocycles. The summed E-state index contributed by atoms with van der Waals surface area (Å²) in [6, 6.07) is 8.72. The minimum Gasteiger partial charge on any atom is -0.478 e. The van der Waals surface area contributed by atoms with Crippen LogP contribution in [0.4, 0.5) is 5.82 Å². The predicted octanol–water partition coefficient (Wildman–Crippen LogP) is 1.83. The molecule has 1 aromatic heterocycles. The van der Waals surface area contributed by atoms with E-state index in [2.05, 4.69) is 15.3 Å². The average molecular weight is 243 g/mol. The highest BCUT2D eigenvalue weighted by Crippen LogP contribution is 2.07. The summed E-state index contributed by atoms with van der Waals surface area (Å²) in [7, 11) is 0. The van der Waals surface area contributed by atoms with Crippen molar-refractivity contribution < 1.29 is 9.90 Å². The standard InChI is InChI=1S/C13H13N3O2/c17-13(18)11-3-1-2-10(8-11)4-7-15-12-5-6-14-9-16-12/h1-3,5-6,8-9H,4,7H2,(H,17,18)(H,14,15,16). The fourth-order valence-electron chi connectivity index (χ4n) is 1.59. The van der Waals surface area contributed by atoms with Crippen molar-refractivity contribution in [1.29, 1.82) is 0 Å². The van der Waals surface area contributed by atoms with E-state index in [-0.39, 0.29) is 0 Å². The van der Waals surface area contributed by atoms with Crippen LogP contribution in [0.3, 0.4) is 0 Å². The first-order chi connectivity index (χ1) is 8.75. The number of benzene rings is 1. The van der Waals surface area contributed by atoms with Crippen LogP contribution in [0.2, 0.25) is 0 Å². The summed E-state index contributed by atoms with van der Waals surface area (Å²) in [4.78, 5) is 18.7. The molecule has 0 amide bonds. The molecular formula is C13H13N3O2. The van der Waals surface area contributed by atoms with Crippen LogP contribution in [0.5, 0.6) is 0 Å². The molecule has 2 aromatic rings. The van der Waals surface area contributed by atoms with E-state index >= 15 is 0 Å². The van der Waals surface area contributed by atoms with Crippen molar-refractivity contribution in [3.05, 3.63) is 54.0 Å². The molecule has 0 saturated carbocycles. The minimum atomic E-state index is -0.902. The number of carboxylic acid groups (broad SMARTS) is 1. The summed E-state index contributed by atoms with van der Waals surface area (Å²) in [6.45, 7) is 0.695. The van der Waals surface area contributed by atoms with Crippen LogP contribution in [0, 0.1) is 0 Å². The largest absolute Gasteiger partial charge is 0.478 e. The lowest BCUT2D eigenvalue weighted by Gasteiger charge is -2.05. The number of carboxylic acids is 1. The number of hydrogen-bond acceptors (Lipinski definition) is 4. The Morgan fingerprint density at radius 3 is 2.94 bits per heavy atom. The van der Waals surface area contributed by atoms with E-state index in [1.165, 1.54) is 6.33 Å². The van der Waals surface area contributed by atoms with Gasteiger partial charge in [-0.15, -0.1) is 0 Å². The summed E-state index contributed by atoms with van der Waals surface area (Å²) in [5.74, 6) is -0.139. The summed E-state index contributed by atoms with van der Waals surface area (Å²) in [6.07, 6.45) is 3.89. The van der Waals surface area contributed by atoms with E-state index in [1.807, 2.05) is 6.07 Å². The number of rotatable bonds is 5. The molecule has 2 N–H and O–H groups in total. The maximum absolute atomic E-state index is 10.8. The highest BCUT2D eigenvalue weighted by atomic mass is 16.4. The monoisotopic (exact) mass is 243 g/mol. The molecule has 0 aliphatic carbocycles. The number of hydrogen-bond donors (Lipinski definition) is 2. The summed E-state index contributed by atoms with van der Waals surface area (Å²) < 4.78 is 0. The summed E-state index contributed by atoms with van der Waals surface area (Å²) in [5, 5.41) is 12.0. The Labute approximate surface area is 105 Å². The van der Waals surface area contributed by atoms with Gasteiger partial charge < -0.3 is 10.4 Å². The van der Waals surface area contributed by atoms with Crippen molar-refractivity contribution in [3.8, 4) is 0 Å². The van der Waals surface area contributed by atoms with Gasteiger partial charge in [0.15, 0.2) is 0 Å². The highest BCUT2D eigenvalue weighted by Gasteiger charge is 2.02.